The lowest BCUT2D eigenvalue weighted by molar-refractivity contribution is 0.0937. The van der Waals surface area contributed by atoms with Crippen molar-refractivity contribution in [3.63, 3.8) is 0 Å². The molecule has 1 amide bonds. The van der Waals surface area contributed by atoms with E-state index in [2.05, 4.69) is 5.32 Å². The highest BCUT2D eigenvalue weighted by atomic mass is 16.5. The van der Waals surface area contributed by atoms with E-state index >= 15 is 0 Å². The zero-order chi connectivity index (χ0) is 16.2. The van der Waals surface area contributed by atoms with Gasteiger partial charge in [0.2, 0.25) is 0 Å². The van der Waals surface area contributed by atoms with Crippen LogP contribution in [0.15, 0.2) is 66.7 Å². The molecule has 23 heavy (non-hydrogen) atoms. The Bertz CT molecular complexity index is 827. The van der Waals surface area contributed by atoms with Crippen LogP contribution in [-0.4, -0.2) is 13.0 Å². The molecule has 0 radical (unpaired) electrons. The van der Waals surface area contributed by atoms with Crippen LogP contribution in [0, 0.1) is 0 Å². The molecular formula is C20H19NO2. The zero-order valence-electron chi connectivity index (χ0n) is 13.2. The fraction of sp³-hybridized carbons (Fsp3) is 0.150. The number of ether oxygens (including phenoxy) is 1. The van der Waals surface area contributed by atoms with Gasteiger partial charge in [-0.15, -0.1) is 0 Å². The number of fused-ring (bicyclic) bond motifs is 1. The minimum atomic E-state index is -0.135. The van der Waals surface area contributed by atoms with Gasteiger partial charge in [0.1, 0.15) is 5.75 Å². The first-order valence-corrected chi connectivity index (χ1v) is 7.61. The Labute approximate surface area is 135 Å². The second-order valence-corrected chi connectivity index (χ2v) is 5.51. The van der Waals surface area contributed by atoms with Gasteiger partial charge < -0.3 is 10.1 Å². The predicted molar refractivity (Wildman–Crippen MR) is 92.8 cm³/mol. The molecule has 0 fully saturated rings. The van der Waals surface area contributed by atoms with Gasteiger partial charge in [0.25, 0.3) is 5.91 Å². The summed E-state index contributed by atoms with van der Waals surface area (Å²) < 4.78 is 5.40. The third-order valence-corrected chi connectivity index (χ3v) is 3.96. The maximum atomic E-state index is 12.7. The number of hydrogen-bond donors (Lipinski definition) is 1. The fourth-order valence-corrected chi connectivity index (χ4v) is 2.67. The highest BCUT2D eigenvalue weighted by molar-refractivity contribution is 6.01. The van der Waals surface area contributed by atoms with Crippen LogP contribution in [0.2, 0.25) is 0 Å². The van der Waals surface area contributed by atoms with Crippen LogP contribution in [0.3, 0.4) is 0 Å². The first kappa shape index (κ1) is 15.1. The Balaban J connectivity index is 1.91. The second kappa shape index (κ2) is 6.53. The SMILES string of the molecule is COc1cc2ccccc2cc1C(=O)NC(C)c1ccccc1. The van der Waals surface area contributed by atoms with Gasteiger partial charge in [0, 0.05) is 0 Å². The largest absolute Gasteiger partial charge is 0.496 e. The number of rotatable bonds is 4. The maximum absolute atomic E-state index is 12.7. The molecule has 0 heterocycles. The van der Waals surface area contributed by atoms with Crippen molar-refractivity contribution in [1.29, 1.82) is 0 Å². The van der Waals surface area contributed by atoms with Gasteiger partial charge in [-0.3, -0.25) is 4.79 Å². The standard InChI is InChI=1S/C20H19NO2/c1-14(15-8-4-3-5-9-15)21-20(22)18-12-16-10-6-7-11-17(16)13-19(18)23-2/h3-14H,1-2H3,(H,21,22). The number of methoxy groups -OCH3 is 1. The van der Waals surface area contributed by atoms with Gasteiger partial charge in [-0.2, -0.15) is 0 Å². The Morgan fingerprint density at radius 3 is 2.22 bits per heavy atom. The highest BCUT2D eigenvalue weighted by Gasteiger charge is 2.16. The van der Waals surface area contributed by atoms with Gasteiger partial charge in [-0.25, -0.2) is 0 Å². The molecule has 0 saturated carbocycles. The molecule has 0 bridgehead atoms. The minimum Gasteiger partial charge on any atom is -0.496 e. The average molecular weight is 305 g/mol. The van der Waals surface area contributed by atoms with Gasteiger partial charge in [-0.05, 0) is 35.4 Å². The summed E-state index contributed by atoms with van der Waals surface area (Å²) in [7, 11) is 1.58. The van der Waals surface area contributed by atoms with Gasteiger partial charge in [0.15, 0.2) is 0 Å². The van der Waals surface area contributed by atoms with Crippen molar-refractivity contribution in [3.8, 4) is 5.75 Å². The van der Waals surface area contributed by atoms with Crippen molar-refractivity contribution in [2.24, 2.45) is 0 Å². The van der Waals surface area contributed by atoms with E-state index in [4.69, 9.17) is 4.74 Å². The van der Waals surface area contributed by atoms with Crippen LogP contribution in [0.5, 0.6) is 5.75 Å². The van der Waals surface area contributed by atoms with E-state index in [0.29, 0.717) is 11.3 Å². The van der Waals surface area contributed by atoms with Crippen LogP contribution in [0.4, 0.5) is 0 Å². The molecule has 1 N–H and O–H groups in total. The Kier molecular flexibility index (Phi) is 4.29. The summed E-state index contributed by atoms with van der Waals surface area (Å²) in [5, 5.41) is 5.11. The average Bonchev–Trinajstić information content (AvgIpc) is 2.61. The molecule has 0 aliphatic carbocycles. The Hall–Kier alpha value is -2.81. The normalized spacial score (nSPS) is 11.9. The summed E-state index contributed by atoms with van der Waals surface area (Å²) in [5.74, 6) is 0.449. The smallest absolute Gasteiger partial charge is 0.255 e. The highest BCUT2D eigenvalue weighted by Crippen LogP contribution is 2.26. The molecule has 3 nitrogen and oxygen atoms in total. The number of nitrogens with one attached hydrogen (secondary N) is 1. The first-order valence-electron chi connectivity index (χ1n) is 7.61. The van der Waals surface area contributed by atoms with Gasteiger partial charge in [-0.1, -0.05) is 54.6 Å². The molecule has 3 aromatic rings. The summed E-state index contributed by atoms with van der Waals surface area (Å²) in [6.45, 7) is 1.97. The summed E-state index contributed by atoms with van der Waals surface area (Å²) >= 11 is 0. The Morgan fingerprint density at radius 2 is 1.57 bits per heavy atom. The van der Waals surface area contributed by atoms with E-state index < -0.39 is 0 Å². The van der Waals surface area contributed by atoms with Crippen LogP contribution in [0.25, 0.3) is 10.8 Å². The number of amides is 1. The predicted octanol–water partition coefficient (Wildman–Crippen LogP) is 4.34. The number of carbonyl (C=O) groups excluding carboxylic acids is 1. The number of benzene rings is 3. The van der Waals surface area contributed by atoms with Crippen molar-refractivity contribution in [3.05, 3.63) is 77.9 Å². The van der Waals surface area contributed by atoms with Gasteiger partial charge >= 0.3 is 0 Å². The molecule has 0 spiro atoms. The summed E-state index contributed by atoms with van der Waals surface area (Å²) in [5.41, 5.74) is 1.62. The summed E-state index contributed by atoms with van der Waals surface area (Å²) in [4.78, 5) is 12.7. The molecule has 0 aliphatic heterocycles. The number of hydrogen-bond acceptors (Lipinski definition) is 2. The van der Waals surface area contributed by atoms with Gasteiger partial charge in [0.05, 0.1) is 18.7 Å². The molecule has 1 unspecified atom stereocenters. The lowest BCUT2D eigenvalue weighted by Gasteiger charge is -2.16. The van der Waals surface area contributed by atoms with E-state index in [1.165, 1.54) is 0 Å². The monoisotopic (exact) mass is 305 g/mol. The van der Waals surface area contributed by atoms with E-state index in [1.54, 1.807) is 7.11 Å². The van der Waals surface area contributed by atoms with E-state index in [1.807, 2.05) is 73.7 Å². The molecule has 0 aromatic heterocycles. The van der Waals surface area contributed by atoms with E-state index in [-0.39, 0.29) is 11.9 Å². The zero-order valence-corrected chi connectivity index (χ0v) is 13.2. The molecule has 0 saturated heterocycles. The van der Waals surface area contributed by atoms with Crippen molar-refractivity contribution in [2.45, 2.75) is 13.0 Å². The Morgan fingerprint density at radius 1 is 0.957 bits per heavy atom. The number of carbonyl (C=O) groups is 1. The molecule has 3 heteroatoms. The van der Waals surface area contributed by atoms with Crippen molar-refractivity contribution < 1.29 is 9.53 Å². The second-order valence-electron chi connectivity index (χ2n) is 5.51. The van der Waals surface area contributed by atoms with Crippen molar-refractivity contribution >= 4 is 16.7 Å². The minimum absolute atomic E-state index is 0.0696. The molecule has 116 valence electrons. The molecular weight excluding hydrogens is 286 g/mol. The summed E-state index contributed by atoms with van der Waals surface area (Å²) in [6.07, 6.45) is 0. The van der Waals surface area contributed by atoms with Crippen LogP contribution in [-0.2, 0) is 0 Å². The summed E-state index contributed by atoms with van der Waals surface area (Å²) in [6, 6.07) is 21.5. The lowest BCUT2D eigenvalue weighted by atomic mass is 10.0. The third kappa shape index (κ3) is 3.19. The van der Waals surface area contributed by atoms with Crippen LogP contribution >= 0.6 is 0 Å². The molecule has 0 aliphatic rings. The van der Waals surface area contributed by atoms with Crippen LogP contribution in [0.1, 0.15) is 28.9 Å². The topological polar surface area (TPSA) is 38.3 Å². The molecule has 3 aromatic carbocycles. The van der Waals surface area contributed by atoms with E-state index in [9.17, 15) is 4.79 Å². The molecule has 1 atom stereocenters. The quantitative estimate of drug-likeness (QED) is 0.778. The maximum Gasteiger partial charge on any atom is 0.255 e. The third-order valence-electron chi connectivity index (χ3n) is 3.96. The van der Waals surface area contributed by atoms with E-state index in [0.717, 1.165) is 16.3 Å². The first-order chi connectivity index (χ1) is 11.2. The lowest BCUT2D eigenvalue weighted by Crippen LogP contribution is -2.27. The van der Waals surface area contributed by atoms with Crippen molar-refractivity contribution in [1.82, 2.24) is 5.32 Å². The van der Waals surface area contributed by atoms with Crippen molar-refractivity contribution in [2.75, 3.05) is 7.11 Å². The fourth-order valence-electron chi connectivity index (χ4n) is 2.67. The molecule has 3 rings (SSSR count). The van der Waals surface area contributed by atoms with Crippen LogP contribution < -0.4 is 10.1 Å².